The van der Waals surface area contributed by atoms with Crippen molar-refractivity contribution in [2.75, 3.05) is 36.6 Å². The first-order valence-electron chi connectivity index (χ1n) is 7.12. The quantitative estimate of drug-likeness (QED) is 0.365. The first kappa shape index (κ1) is 19.1. The molecule has 0 aliphatic rings. The number of thioether (sulfide) groups is 1. The Labute approximate surface area is 151 Å². The van der Waals surface area contributed by atoms with Gasteiger partial charge in [-0.15, -0.1) is 10.2 Å². The SMILES string of the molecule is COCCNC(=O)CSc1nnc(NC(=O)Nc2ccc(F)cc2)s1. The van der Waals surface area contributed by atoms with Crippen LogP contribution in [-0.4, -0.2) is 48.1 Å². The van der Waals surface area contributed by atoms with Crippen LogP contribution in [0.15, 0.2) is 28.6 Å². The van der Waals surface area contributed by atoms with Crippen molar-refractivity contribution in [2.24, 2.45) is 0 Å². The molecule has 0 fully saturated rings. The van der Waals surface area contributed by atoms with E-state index in [-0.39, 0.29) is 17.5 Å². The Kier molecular flexibility index (Phi) is 7.57. The highest BCUT2D eigenvalue weighted by molar-refractivity contribution is 8.01. The molecule has 0 radical (unpaired) electrons. The number of nitrogens with one attached hydrogen (secondary N) is 3. The Morgan fingerprint density at radius 2 is 2.00 bits per heavy atom. The summed E-state index contributed by atoms with van der Waals surface area (Å²) in [5, 5.41) is 15.8. The van der Waals surface area contributed by atoms with Crippen LogP contribution in [0.25, 0.3) is 0 Å². The number of carbonyl (C=O) groups is 2. The monoisotopic (exact) mass is 385 g/mol. The highest BCUT2D eigenvalue weighted by atomic mass is 32.2. The topological polar surface area (TPSA) is 105 Å². The number of hydrogen-bond donors (Lipinski definition) is 3. The van der Waals surface area contributed by atoms with E-state index >= 15 is 0 Å². The van der Waals surface area contributed by atoms with Gasteiger partial charge in [0.15, 0.2) is 4.34 Å². The molecule has 1 heterocycles. The van der Waals surface area contributed by atoms with Crippen LogP contribution in [0.1, 0.15) is 0 Å². The highest BCUT2D eigenvalue weighted by Gasteiger charge is 2.10. The van der Waals surface area contributed by atoms with Gasteiger partial charge in [-0.25, -0.2) is 9.18 Å². The first-order chi connectivity index (χ1) is 12.1. The number of rotatable bonds is 8. The third-order valence-corrected chi connectivity index (χ3v) is 4.66. The molecule has 3 amide bonds. The normalized spacial score (nSPS) is 10.3. The minimum Gasteiger partial charge on any atom is -0.383 e. The second-order valence-electron chi connectivity index (χ2n) is 4.59. The van der Waals surface area contributed by atoms with Crippen LogP contribution in [-0.2, 0) is 9.53 Å². The lowest BCUT2D eigenvalue weighted by Gasteiger charge is -2.04. The maximum atomic E-state index is 12.8. The average molecular weight is 385 g/mol. The van der Waals surface area contributed by atoms with Gasteiger partial charge in [-0.2, -0.15) is 0 Å². The van der Waals surface area contributed by atoms with Crippen LogP contribution in [0.3, 0.4) is 0 Å². The van der Waals surface area contributed by atoms with E-state index in [1.54, 1.807) is 7.11 Å². The van der Waals surface area contributed by atoms with Gasteiger partial charge in [-0.05, 0) is 24.3 Å². The van der Waals surface area contributed by atoms with Gasteiger partial charge in [0.1, 0.15) is 5.82 Å². The number of ether oxygens (including phenoxy) is 1. The molecule has 11 heteroatoms. The van der Waals surface area contributed by atoms with E-state index in [1.807, 2.05) is 0 Å². The highest BCUT2D eigenvalue weighted by Crippen LogP contribution is 2.25. The minimum absolute atomic E-state index is 0.138. The van der Waals surface area contributed by atoms with Crippen LogP contribution < -0.4 is 16.0 Å². The number of anilines is 2. The summed E-state index contributed by atoms with van der Waals surface area (Å²) in [6.45, 7) is 0.898. The third kappa shape index (κ3) is 7.03. The van der Waals surface area contributed by atoms with Crippen molar-refractivity contribution in [1.82, 2.24) is 15.5 Å². The number of halogens is 1. The lowest BCUT2D eigenvalue weighted by atomic mass is 10.3. The maximum absolute atomic E-state index is 12.8. The zero-order valence-electron chi connectivity index (χ0n) is 13.2. The summed E-state index contributed by atoms with van der Waals surface area (Å²) in [6.07, 6.45) is 0. The van der Waals surface area contributed by atoms with E-state index in [2.05, 4.69) is 26.1 Å². The molecule has 0 aliphatic carbocycles. The van der Waals surface area contributed by atoms with Crippen molar-refractivity contribution < 1.29 is 18.7 Å². The zero-order valence-corrected chi connectivity index (χ0v) is 14.9. The summed E-state index contributed by atoms with van der Waals surface area (Å²) >= 11 is 2.37. The van der Waals surface area contributed by atoms with Crippen molar-refractivity contribution in [1.29, 1.82) is 0 Å². The number of hydrogen-bond acceptors (Lipinski definition) is 7. The summed E-state index contributed by atoms with van der Waals surface area (Å²) in [6, 6.07) is 4.85. The smallest absolute Gasteiger partial charge is 0.325 e. The number of benzene rings is 1. The Morgan fingerprint density at radius 3 is 2.72 bits per heavy atom. The van der Waals surface area contributed by atoms with Gasteiger partial charge in [-0.1, -0.05) is 23.1 Å². The Hall–Kier alpha value is -2.24. The number of nitrogens with zero attached hydrogens (tertiary/aromatic N) is 2. The third-order valence-electron chi connectivity index (χ3n) is 2.68. The van der Waals surface area contributed by atoms with Crippen molar-refractivity contribution in [3.8, 4) is 0 Å². The Morgan fingerprint density at radius 1 is 1.24 bits per heavy atom. The van der Waals surface area contributed by atoms with E-state index in [4.69, 9.17) is 4.74 Å². The van der Waals surface area contributed by atoms with E-state index in [9.17, 15) is 14.0 Å². The van der Waals surface area contributed by atoms with Gasteiger partial charge in [0.05, 0.1) is 12.4 Å². The molecule has 0 bridgehead atoms. The molecule has 0 atom stereocenters. The Bertz CT molecular complexity index is 711. The molecule has 8 nitrogen and oxygen atoms in total. The maximum Gasteiger partial charge on any atom is 0.325 e. The lowest BCUT2D eigenvalue weighted by Crippen LogP contribution is -2.28. The second kappa shape index (κ2) is 9.91. The fraction of sp³-hybridized carbons (Fsp3) is 0.286. The Balaban J connectivity index is 1.75. The van der Waals surface area contributed by atoms with Crippen molar-refractivity contribution in [2.45, 2.75) is 4.34 Å². The fourth-order valence-corrected chi connectivity index (χ4v) is 3.16. The van der Waals surface area contributed by atoms with E-state index < -0.39 is 6.03 Å². The molecule has 2 aromatic rings. The van der Waals surface area contributed by atoms with Crippen LogP contribution in [0.4, 0.5) is 20.0 Å². The number of amides is 3. The van der Waals surface area contributed by atoms with Crippen LogP contribution in [0.5, 0.6) is 0 Å². The minimum atomic E-state index is -0.517. The van der Waals surface area contributed by atoms with Gasteiger partial charge >= 0.3 is 6.03 Å². The van der Waals surface area contributed by atoms with Gasteiger partial charge in [-0.3, -0.25) is 10.1 Å². The largest absolute Gasteiger partial charge is 0.383 e. The van der Waals surface area contributed by atoms with Crippen LogP contribution >= 0.6 is 23.1 Å². The van der Waals surface area contributed by atoms with E-state index in [1.165, 1.54) is 36.0 Å². The van der Waals surface area contributed by atoms with Crippen LogP contribution in [0.2, 0.25) is 0 Å². The van der Waals surface area contributed by atoms with E-state index in [0.717, 1.165) is 11.3 Å². The molecule has 0 saturated carbocycles. The number of urea groups is 1. The number of methoxy groups -OCH3 is 1. The average Bonchev–Trinajstić information content (AvgIpc) is 3.02. The fourth-order valence-electron chi connectivity index (χ4n) is 1.58. The zero-order chi connectivity index (χ0) is 18.1. The molecule has 0 saturated heterocycles. The van der Waals surface area contributed by atoms with E-state index in [0.29, 0.717) is 28.3 Å². The summed E-state index contributed by atoms with van der Waals surface area (Å²) < 4.78 is 18.2. The molecule has 0 spiro atoms. The summed E-state index contributed by atoms with van der Waals surface area (Å²) in [7, 11) is 1.56. The van der Waals surface area contributed by atoms with Crippen LogP contribution in [0, 0.1) is 5.82 Å². The predicted molar refractivity (Wildman–Crippen MR) is 94.6 cm³/mol. The molecule has 3 N–H and O–H groups in total. The van der Waals surface area contributed by atoms with Gasteiger partial charge in [0.2, 0.25) is 11.0 Å². The number of aromatic nitrogens is 2. The standard InChI is InChI=1S/C14H16FN5O3S2/c1-23-7-6-16-11(21)8-24-14-20-19-13(25-14)18-12(22)17-10-4-2-9(15)3-5-10/h2-5H,6-8H2,1H3,(H,16,21)(H2,17,18,19,22). The van der Waals surface area contributed by atoms with Crippen molar-refractivity contribution in [3.05, 3.63) is 30.1 Å². The molecule has 2 rings (SSSR count). The molecular formula is C14H16FN5O3S2. The molecule has 1 aromatic heterocycles. The molecule has 134 valence electrons. The second-order valence-corrected chi connectivity index (χ2v) is 6.79. The molecule has 1 aromatic carbocycles. The lowest BCUT2D eigenvalue weighted by molar-refractivity contribution is -0.118. The van der Waals surface area contributed by atoms with Gasteiger partial charge in [0.25, 0.3) is 0 Å². The molecule has 25 heavy (non-hydrogen) atoms. The predicted octanol–water partition coefficient (Wildman–Crippen LogP) is 2.18. The summed E-state index contributed by atoms with van der Waals surface area (Å²) in [4.78, 5) is 23.4. The van der Waals surface area contributed by atoms with Gasteiger partial charge < -0.3 is 15.4 Å². The first-order valence-corrected chi connectivity index (χ1v) is 8.92. The number of carbonyl (C=O) groups excluding carboxylic acids is 2. The summed E-state index contributed by atoms with van der Waals surface area (Å²) in [5.41, 5.74) is 0.450. The summed E-state index contributed by atoms with van der Waals surface area (Å²) in [5.74, 6) is -0.330. The van der Waals surface area contributed by atoms with Crippen molar-refractivity contribution >= 4 is 45.9 Å². The van der Waals surface area contributed by atoms with Crippen molar-refractivity contribution in [3.63, 3.8) is 0 Å². The molecule has 0 aliphatic heterocycles. The molecular weight excluding hydrogens is 369 g/mol. The van der Waals surface area contributed by atoms with Gasteiger partial charge in [0, 0.05) is 19.3 Å². The molecule has 0 unspecified atom stereocenters.